The van der Waals surface area contributed by atoms with Crippen LogP contribution in [0.2, 0.25) is 0 Å². The first kappa shape index (κ1) is 17.2. The second-order valence-electron chi connectivity index (χ2n) is 5.59. The molecule has 1 heterocycles. The Hall–Kier alpha value is -3.67. The summed E-state index contributed by atoms with van der Waals surface area (Å²) in [6.07, 6.45) is 2.35. The predicted molar refractivity (Wildman–Crippen MR) is 103 cm³/mol. The largest absolute Gasteiger partial charge is 0.397 e. The highest BCUT2D eigenvalue weighted by molar-refractivity contribution is 6.11. The SMILES string of the molecule is CNc1ccc(C(=O)N(c2cccc(C=O)c2)c2ccccn2)cc1N. The number of carbonyl (C=O) groups excluding carboxylic acids is 2. The third-order valence-corrected chi connectivity index (χ3v) is 3.91. The van der Waals surface area contributed by atoms with Crippen molar-refractivity contribution in [3.05, 3.63) is 78.0 Å². The monoisotopic (exact) mass is 346 g/mol. The van der Waals surface area contributed by atoms with Crippen LogP contribution in [0.3, 0.4) is 0 Å². The van der Waals surface area contributed by atoms with Gasteiger partial charge in [-0.25, -0.2) is 4.98 Å². The van der Waals surface area contributed by atoms with Gasteiger partial charge in [0.2, 0.25) is 0 Å². The van der Waals surface area contributed by atoms with Gasteiger partial charge in [-0.1, -0.05) is 18.2 Å². The summed E-state index contributed by atoms with van der Waals surface area (Å²) in [7, 11) is 1.76. The van der Waals surface area contributed by atoms with E-state index in [4.69, 9.17) is 5.73 Å². The Morgan fingerprint density at radius 2 is 1.96 bits per heavy atom. The summed E-state index contributed by atoms with van der Waals surface area (Å²) in [5, 5.41) is 2.97. The first-order valence-corrected chi connectivity index (χ1v) is 8.02. The van der Waals surface area contributed by atoms with Crippen molar-refractivity contribution in [1.82, 2.24) is 4.98 Å². The highest BCUT2D eigenvalue weighted by Gasteiger charge is 2.21. The van der Waals surface area contributed by atoms with Crippen molar-refractivity contribution in [2.45, 2.75) is 0 Å². The van der Waals surface area contributed by atoms with E-state index in [0.29, 0.717) is 28.3 Å². The van der Waals surface area contributed by atoms with Gasteiger partial charge in [0.15, 0.2) is 0 Å². The highest BCUT2D eigenvalue weighted by atomic mass is 16.2. The molecule has 6 heteroatoms. The quantitative estimate of drug-likeness (QED) is 0.545. The number of pyridine rings is 1. The number of nitrogen functional groups attached to an aromatic ring is 1. The summed E-state index contributed by atoms with van der Waals surface area (Å²) in [6, 6.07) is 17.2. The minimum absolute atomic E-state index is 0.291. The van der Waals surface area contributed by atoms with Crippen LogP contribution in [-0.2, 0) is 0 Å². The average molecular weight is 346 g/mol. The number of hydrogen-bond donors (Lipinski definition) is 2. The maximum Gasteiger partial charge on any atom is 0.264 e. The predicted octanol–water partition coefficient (Wildman–Crippen LogP) is 3.50. The molecule has 0 spiro atoms. The van der Waals surface area contributed by atoms with Crippen LogP contribution in [0.25, 0.3) is 0 Å². The van der Waals surface area contributed by atoms with E-state index in [0.717, 1.165) is 12.0 Å². The fourth-order valence-corrected chi connectivity index (χ4v) is 2.63. The number of aldehydes is 1. The number of aromatic nitrogens is 1. The molecular weight excluding hydrogens is 328 g/mol. The lowest BCUT2D eigenvalue weighted by atomic mass is 10.1. The Labute approximate surface area is 151 Å². The molecule has 0 fully saturated rings. The van der Waals surface area contributed by atoms with E-state index in [1.54, 1.807) is 73.9 Å². The minimum Gasteiger partial charge on any atom is -0.397 e. The standard InChI is InChI=1S/C20H18N4O2/c1-22-18-9-8-15(12-17(18)21)20(26)24(19-7-2-3-10-23-19)16-6-4-5-14(11-16)13-25/h2-13,22H,21H2,1H3. The van der Waals surface area contributed by atoms with E-state index in [1.807, 2.05) is 0 Å². The first-order valence-electron chi connectivity index (χ1n) is 8.02. The molecule has 1 amide bonds. The number of anilines is 4. The minimum atomic E-state index is -0.291. The number of rotatable bonds is 5. The van der Waals surface area contributed by atoms with Crippen molar-refractivity contribution in [1.29, 1.82) is 0 Å². The lowest BCUT2D eigenvalue weighted by Gasteiger charge is -2.22. The maximum absolute atomic E-state index is 13.2. The van der Waals surface area contributed by atoms with Crippen molar-refractivity contribution < 1.29 is 9.59 Å². The Bertz CT molecular complexity index is 942. The summed E-state index contributed by atoms with van der Waals surface area (Å²) >= 11 is 0. The molecular formula is C20H18N4O2. The van der Waals surface area contributed by atoms with Gasteiger partial charge < -0.3 is 11.1 Å². The summed E-state index contributed by atoms with van der Waals surface area (Å²) in [6.45, 7) is 0. The van der Waals surface area contributed by atoms with Crippen molar-refractivity contribution in [3.63, 3.8) is 0 Å². The van der Waals surface area contributed by atoms with Crippen molar-refractivity contribution >= 4 is 35.1 Å². The highest BCUT2D eigenvalue weighted by Crippen LogP contribution is 2.28. The molecule has 130 valence electrons. The number of carbonyl (C=O) groups is 2. The molecule has 3 N–H and O–H groups in total. The molecule has 6 nitrogen and oxygen atoms in total. The summed E-state index contributed by atoms with van der Waals surface area (Å²) in [5.74, 6) is 0.165. The number of nitrogens with zero attached hydrogens (tertiary/aromatic N) is 2. The van der Waals surface area contributed by atoms with E-state index in [2.05, 4.69) is 10.3 Å². The van der Waals surface area contributed by atoms with Crippen LogP contribution < -0.4 is 16.0 Å². The van der Waals surface area contributed by atoms with Crippen LogP contribution in [0, 0.1) is 0 Å². The van der Waals surface area contributed by atoms with Gasteiger partial charge >= 0.3 is 0 Å². The molecule has 3 aromatic rings. The molecule has 2 aromatic carbocycles. The molecule has 0 radical (unpaired) electrons. The average Bonchev–Trinajstić information content (AvgIpc) is 2.69. The van der Waals surface area contributed by atoms with Crippen LogP contribution in [-0.4, -0.2) is 24.2 Å². The van der Waals surface area contributed by atoms with Crippen molar-refractivity contribution in [2.24, 2.45) is 0 Å². The number of nitrogens with one attached hydrogen (secondary N) is 1. The van der Waals surface area contributed by atoms with Gasteiger partial charge in [-0.05, 0) is 42.5 Å². The fourth-order valence-electron chi connectivity index (χ4n) is 2.63. The zero-order chi connectivity index (χ0) is 18.5. The zero-order valence-corrected chi connectivity index (χ0v) is 14.2. The topological polar surface area (TPSA) is 88.3 Å². The molecule has 3 rings (SSSR count). The van der Waals surface area contributed by atoms with E-state index >= 15 is 0 Å². The maximum atomic E-state index is 13.2. The van der Waals surface area contributed by atoms with Gasteiger partial charge in [-0.15, -0.1) is 0 Å². The van der Waals surface area contributed by atoms with Crippen LogP contribution in [0.5, 0.6) is 0 Å². The fraction of sp³-hybridized carbons (Fsp3) is 0.0500. The normalized spacial score (nSPS) is 10.2. The Balaban J connectivity index is 2.10. The third kappa shape index (κ3) is 3.39. The number of benzene rings is 2. The number of amides is 1. The lowest BCUT2D eigenvalue weighted by molar-refractivity contribution is 0.0998. The molecule has 0 aliphatic rings. The summed E-state index contributed by atoms with van der Waals surface area (Å²) in [5.41, 5.74) is 8.66. The second kappa shape index (κ2) is 7.48. The van der Waals surface area contributed by atoms with E-state index in [9.17, 15) is 9.59 Å². The summed E-state index contributed by atoms with van der Waals surface area (Å²) < 4.78 is 0. The van der Waals surface area contributed by atoms with Gasteiger partial charge in [0, 0.05) is 24.4 Å². The number of hydrogen-bond acceptors (Lipinski definition) is 5. The van der Waals surface area contributed by atoms with E-state index < -0.39 is 0 Å². The van der Waals surface area contributed by atoms with Crippen molar-refractivity contribution in [2.75, 3.05) is 23.0 Å². The Kier molecular flexibility index (Phi) is 4.94. The zero-order valence-electron chi connectivity index (χ0n) is 14.2. The van der Waals surface area contributed by atoms with Gasteiger partial charge in [0.25, 0.3) is 5.91 Å². The molecule has 0 aliphatic carbocycles. The molecule has 26 heavy (non-hydrogen) atoms. The van der Waals surface area contributed by atoms with Gasteiger partial charge in [0.05, 0.1) is 17.1 Å². The summed E-state index contributed by atoms with van der Waals surface area (Å²) in [4.78, 5) is 30.1. The first-order chi connectivity index (χ1) is 12.6. The van der Waals surface area contributed by atoms with E-state index in [-0.39, 0.29) is 5.91 Å². The smallest absolute Gasteiger partial charge is 0.264 e. The van der Waals surface area contributed by atoms with Gasteiger partial charge in [0.1, 0.15) is 12.1 Å². The van der Waals surface area contributed by atoms with Crippen LogP contribution in [0.1, 0.15) is 20.7 Å². The second-order valence-corrected chi connectivity index (χ2v) is 5.59. The molecule has 1 aromatic heterocycles. The van der Waals surface area contributed by atoms with Gasteiger partial charge in [-0.3, -0.25) is 14.5 Å². The molecule has 0 saturated carbocycles. The molecule has 0 atom stereocenters. The van der Waals surface area contributed by atoms with Crippen LogP contribution >= 0.6 is 0 Å². The molecule has 0 saturated heterocycles. The third-order valence-electron chi connectivity index (χ3n) is 3.91. The Morgan fingerprint density at radius 3 is 2.62 bits per heavy atom. The molecule has 0 aliphatic heterocycles. The van der Waals surface area contributed by atoms with E-state index in [1.165, 1.54) is 4.90 Å². The van der Waals surface area contributed by atoms with Crippen molar-refractivity contribution in [3.8, 4) is 0 Å². The van der Waals surface area contributed by atoms with Crippen LogP contribution in [0.15, 0.2) is 66.9 Å². The van der Waals surface area contributed by atoms with Gasteiger partial charge in [-0.2, -0.15) is 0 Å². The lowest BCUT2D eigenvalue weighted by Crippen LogP contribution is -2.27. The van der Waals surface area contributed by atoms with Crippen LogP contribution in [0.4, 0.5) is 22.9 Å². The Morgan fingerprint density at radius 1 is 1.12 bits per heavy atom. The molecule has 0 bridgehead atoms. The molecule has 0 unspecified atom stereocenters. The number of nitrogens with two attached hydrogens (primary N) is 1.